The molecule has 0 spiro atoms. The molecule has 28 heavy (non-hydrogen) atoms. The topological polar surface area (TPSA) is 89.1 Å². The highest BCUT2D eigenvalue weighted by Crippen LogP contribution is 2.30. The number of urea groups is 1. The fourth-order valence-electron chi connectivity index (χ4n) is 4.89. The molecule has 1 unspecified atom stereocenters. The molecule has 3 aliphatic heterocycles. The smallest absolute Gasteiger partial charge is 0.322 e. The molecule has 3 heterocycles. The summed E-state index contributed by atoms with van der Waals surface area (Å²) in [5.74, 6) is 1.57. The molecule has 0 bridgehead atoms. The van der Waals surface area contributed by atoms with E-state index in [1.54, 1.807) is 0 Å². The number of likely N-dealkylation sites (tertiary alicyclic amines) is 2. The molecule has 3 amide bonds. The first-order valence-corrected chi connectivity index (χ1v) is 10.7. The van der Waals surface area contributed by atoms with Crippen LogP contribution < -0.4 is 16.0 Å². The number of guanidine groups is 1. The molecule has 0 aromatic heterocycles. The summed E-state index contributed by atoms with van der Waals surface area (Å²) in [7, 11) is 1.83. The fraction of sp³-hybridized carbons (Fsp3) is 0.850. The number of nitrogens with zero attached hydrogens (tertiary/aromatic N) is 3. The Morgan fingerprint density at radius 3 is 2.54 bits per heavy atom. The number of carbonyl (C=O) groups is 2. The Balaban J connectivity index is 1.50. The SMILES string of the molecule is CN=C(NC[C@H]1CCCN1CC(C)C)N1CCC(C2(C)NC(=O)NC2=O)CC1. The average molecular weight is 393 g/mol. The van der Waals surface area contributed by atoms with Crippen molar-refractivity contribution >= 4 is 17.9 Å². The molecule has 3 rings (SSSR count). The number of hydrogen-bond acceptors (Lipinski definition) is 4. The van der Waals surface area contributed by atoms with Crippen molar-refractivity contribution in [3.8, 4) is 0 Å². The first kappa shape index (κ1) is 20.9. The summed E-state index contributed by atoms with van der Waals surface area (Å²) >= 11 is 0. The molecule has 3 saturated heterocycles. The second kappa shape index (κ2) is 8.68. The molecular formula is C20H36N6O2. The van der Waals surface area contributed by atoms with E-state index in [1.165, 1.54) is 19.4 Å². The van der Waals surface area contributed by atoms with Gasteiger partial charge in [0.2, 0.25) is 0 Å². The van der Waals surface area contributed by atoms with Crippen LogP contribution in [0.3, 0.4) is 0 Å². The second-order valence-corrected chi connectivity index (χ2v) is 8.98. The van der Waals surface area contributed by atoms with Gasteiger partial charge in [-0.2, -0.15) is 0 Å². The Kier molecular flexibility index (Phi) is 6.47. The van der Waals surface area contributed by atoms with Crippen LogP contribution in [0.1, 0.15) is 46.5 Å². The lowest BCUT2D eigenvalue weighted by Crippen LogP contribution is -2.56. The van der Waals surface area contributed by atoms with E-state index in [9.17, 15) is 9.59 Å². The monoisotopic (exact) mass is 392 g/mol. The van der Waals surface area contributed by atoms with Crippen molar-refractivity contribution in [3.05, 3.63) is 0 Å². The number of amides is 3. The molecule has 8 heteroatoms. The summed E-state index contributed by atoms with van der Waals surface area (Å²) in [6.07, 6.45) is 4.23. The summed E-state index contributed by atoms with van der Waals surface area (Å²) in [4.78, 5) is 33.1. The third-order valence-corrected chi connectivity index (χ3v) is 6.49. The van der Waals surface area contributed by atoms with Crippen molar-refractivity contribution in [2.24, 2.45) is 16.8 Å². The first-order chi connectivity index (χ1) is 13.3. The minimum absolute atomic E-state index is 0.143. The molecule has 2 atom stereocenters. The lowest BCUT2D eigenvalue weighted by atomic mass is 9.79. The number of nitrogens with one attached hydrogen (secondary N) is 3. The van der Waals surface area contributed by atoms with Gasteiger partial charge in [0.1, 0.15) is 5.54 Å². The summed E-state index contributed by atoms with van der Waals surface area (Å²) in [5.41, 5.74) is -0.790. The highest BCUT2D eigenvalue weighted by atomic mass is 16.2. The second-order valence-electron chi connectivity index (χ2n) is 8.98. The van der Waals surface area contributed by atoms with Gasteiger partial charge >= 0.3 is 6.03 Å². The molecule has 3 fully saturated rings. The third-order valence-electron chi connectivity index (χ3n) is 6.49. The Labute approximate surface area is 168 Å². The van der Waals surface area contributed by atoms with Gasteiger partial charge in [0.25, 0.3) is 5.91 Å². The number of carbonyl (C=O) groups excluding carboxylic acids is 2. The van der Waals surface area contributed by atoms with Crippen molar-refractivity contribution in [1.29, 1.82) is 0 Å². The predicted octanol–water partition coefficient (Wildman–Crippen LogP) is 0.992. The molecule has 0 radical (unpaired) electrons. The van der Waals surface area contributed by atoms with Crippen molar-refractivity contribution in [3.63, 3.8) is 0 Å². The number of piperidine rings is 1. The van der Waals surface area contributed by atoms with Crippen LogP contribution in [0.15, 0.2) is 4.99 Å². The average Bonchev–Trinajstić information content (AvgIpc) is 3.19. The Hall–Kier alpha value is -1.83. The van der Waals surface area contributed by atoms with Crippen LogP contribution in [0.4, 0.5) is 4.79 Å². The summed E-state index contributed by atoms with van der Waals surface area (Å²) in [6.45, 7) is 11.3. The number of aliphatic imine (C=N–C) groups is 1. The van der Waals surface area contributed by atoms with Crippen LogP contribution in [0.5, 0.6) is 0 Å². The van der Waals surface area contributed by atoms with Crippen LogP contribution in [0.2, 0.25) is 0 Å². The van der Waals surface area contributed by atoms with E-state index in [0.29, 0.717) is 12.0 Å². The van der Waals surface area contributed by atoms with Crippen molar-refractivity contribution in [1.82, 2.24) is 25.8 Å². The standard InChI is InChI=1S/C20H36N6O2/c1-14(2)13-26-9-5-6-16(26)12-22-18(21-4)25-10-7-15(8-11-25)20(3)17(27)23-19(28)24-20/h14-16H,5-13H2,1-4H3,(H,21,22)(H2,23,24,27,28)/t16-,20?/m1/s1. The van der Waals surface area contributed by atoms with Gasteiger partial charge in [-0.1, -0.05) is 13.8 Å². The molecule has 3 aliphatic rings. The van der Waals surface area contributed by atoms with Gasteiger partial charge in [0, 0.05) is 39.3 Å². The lowest BCUT2D eigenvalue weighted by molar-refractivity contribution is -0.125. The molecular weight excluding hydrogens is 356 g/mol. The molecule has 0 aromatic carbocycles. The summed E-state index contributed by atoms with van der Waals surface area (Å²) in [6, 6.07) is 0.197. The predicted molar refractivity (Wildman–Crippen MR) is 110 cm³/mol. The van der Waals surface area contributed by atoms with Crippen molar-refractivity contribution < 1.29 is 9.59 Å². The minimum Gasteiger partial charge on any atom is -0.355 e. The molecule has 8 nitrogen and oxygen atoms in total. The first-order valence-electron chi connectivity index (χ1n) is 10.7. The summed E-state index contributed by atoms with van der Waals surface area (Å²) in [5, 5.41) is 8.78. The zero-order valence-corrected chi connectivity index (χ0v) is 17.8. The highest BCUT2D eigenvalue weighted by molar-refractivity contribution is 6.07. The Morgan fingerprint density at radius 2 is 1.96 bits per heavy atom. The molecule has 3 N–H and O–H groups in total. The maximum Gasteiger partial charge on any atom is 0.322 e. The van der Waals surface area contributed by atoms with Gasteiger partial charge in [-0.3, -0.25) is 20.0 Å². The third kappa shape index (κ3) is 4.42. The van der Waals surface area contributed by atoms with E-state index in [-0.39, 0.29) is 17.9 Å². The summed E-state index contributed by atoms with van der Waals surface area (Å²) < 4.78 is 0. The zero-order valence-electron chi connectivity index (χ0n) is 17.8. The number of hydrogen-bond donors (Lipinski definition) is 3. The lowest BCUT2D eigenvalue weighted by Gasteiger charge is -2.40. The molecule has 0 aliphatic carbocycles. The van der Waals surface area contributed by atoms with Gasteiger partial charge in [0.15, 0.2) is 5.96 Å². The zero-order chi connectivity index (χ0) is 20.3. The minimum atomic E-state index is -0.790. The van der Waals surface area contributed by atoms with Gasteiger partial charge in [-0.05, 0) is 51.0 Å². The largest absolute Gasteiger partial charge is 0.355 e. The van der Waals surface area contributed by atoms with Crippen LogP contribution in [-0.2, 0) is 4.79 Å². The van der Waals surface area contributed by atoms with Gasteiger partial charge < -0.3 is 15.5 Å². The van der Waals surface area contributed by atoms with E-state index in [0.717, 1.165) is 45.0 Å². The van der Waals surface area contributed by atoms with Crippen molar-refractivity contribution in [2.75, 3.05) is 39.8 Å². The van der Waals surface area contributed by atoms with Crippen LogP contribution >= 0.6 is 0 Å². The number of rotatable bonds is 5. The van der Waals surface area contributed by atoms with E-state index < -0.39 is 5.54 Å². The molecule has 0 saturated carbocycles. The Morgan fingerprint density at radius 1 is 1.25 bits per heavy atom. The van der Waals surface area contributed by atoms with Crippen LogP contribution in [-0.4, -0.2) is 79.0 Å². The van der Waals surface area contributed by atoms with Gasteiger partial charge in [-0.15, -0.1) is 0 Å². The van der Waals surface area contributed by atoms with Gasteiger partial charge in [0.05, 0.1) is 0 Å². The quantitative estimate of drug-likeness (QED) is 0.369. The molecule has 0 aromatic rings. The maximum absolute atomic E-state index is 12.2. The Bertz CT molecular complexity index is 614. The van der Waals surface area contributed by atoms with Crippen LogP contribution in [0, 0.1) is 11.8 Å². The van der Waals surface area contributed by atoms with Crippen LogP contribution in [0.25, 0.3) is 0 Å². The van der Waals surface area contributed by atoms with E-state index in [2.05, 4.69) is 44.6 Å². The maximum atomic E-state index is 12.2. The molecule has 158 valence electrons. The normalized spacial score (nSPS) is 30.1. The van der Waals surface area contributed by atoms with E-state index in [4.69, 9.17) is 0 Å². The van der Waals surface area contributed by atoms with E-state index in [1.807, 2.05) is 14.0 Å². The fourth-order valence-corrected chi connectivity index (χ4v) is 4.89. The van der Waals surface area contributed by atoms with Crippen molar-refractivity contribution in [2.45, 2.75) is 58.0 Å². The van der Waals surface area contributed by atoms with Gasteiger partial charge in [-0.25, -0.2) is 4.79 Å². The number of imide groups is 1. The highest BCUT2D eigenvalue weighted by Gasteiger charge is 2.48. The van der Waals surface area contributed by atoms with E-state index >= 15 is 0 Å².